The first-order chi connectivity index (χ1) is 27.8. The van der Waals surface area contributed by atoms with Gasteiger partial charge in [-0.25, -0.2) is 4.58 Å². The summed E-state index contributed by atoms with van der Waals surface area (Å²) in [6.07, 6.45) is 7.85. The zero-order chi connectivity index (χ0) is 41.5. The molecule has 1 aliphatic rings. The van der Waals surface area contributed by atoms with Crippen LogP contribution in [0, 0.1) is 0 Å². The molecule has 0 bridgehead atoms. The van der Waals surface area contributed by atoms with Crippen molar-refractivity contribution in [2.75, 3.05) is 30.4 Å². The molecule has 0 fully saturated rings. The molecule has 0 saturated carbocycles. The Morgan fingerprint density at radius 3 is 1.91 bits per heavy atom. The Morgan fingerprint density at radius 2 is 1.36 bits per heavy atom. The zero-order valence-corrected chi connectivity index (χ0v) is 34.0. The molecule has 0 spiro atoms. The van der Waals surface area contributed by atoms with E-state index in [1.807, 2.05) is 85.0 Å². The van der Waals surface area contributed by atoms with E-state index in [9.17, 15) is 31.0 Å². The fraction of sp³-hybridized carbons (Fsp3) is 0.178. The third-order valence-electron chi connectivity index (χ3n) is 9.88. The molecule has 5 aromatic rings. The molecule has 0 radical (unpaired) electrons. The second-order valence-electron chi connectivity index (χ2n) is 13.6. The van der Waals surface area contributed by atoms with Crippen molar-refractivity contribution in [3.05, 3.63) is 173 Å². The van der Waals surface area contributed by atoms with Crippen molar-refractivity contribution < 1.29 is 40.4 Å². The van der Waals surface area contributed by atoms with Gasteiger partial charge in [0, 0.05) is 59.0 Å². The van der Waals surface area contributed by atoms with Crippen LogP contribution in [0.5, 0.6) is 5.75 Å². The lowest BCUT2D eigenvalue weighted by molar-refractivity contribution is -0.539. The lowest BCUT2D eigenvalue weighted by Gasteiger charge is -2.24. The van der Waals surface area contributed by atoms with E-state index in [1.165, 1.54) is 19.2 Å². The highest BCUT2D eigenvalue weighted by atomic mass is 32.2. The van der Waals surface area contributed by atoms with Crippen molar-refractivity contribution in [3.8, 4) is 5.75 Å². The maximum absolute atomic E-state index is 13.3. The van der Waals surface area contributed by atoms with Gasteiger partial charge in [-0.2, -0.15) is 16.8 Å². The van der Waals surface area contributed by atoms with E-state index in [0.717, 1.165) is 41.7 Å². The number of anilines is 3. The number of ether oxygens (including phenoxy) is 1. The molecule has 0 aromatic heterocycles. The molecule has 0 atom stereocenters. The first-order valence-corrected chi connectivity index (χ1v) is 21.5. The average Bonchev–Trinajstić information content (AvgIpc) is 3.23. The van der Waals surface area contributed by atoms with Crippen LogP contribution in [-0.4, -0.2) is 61.5 Å². The normalized spacial score (nSPS) is 12.7. The van der Waals surface area contributed by atoms with Crippen molar-refractivity contribution in [2.24, 2.45) is 0 Å². The number of nitrogens with zero attached hydrogens (tertiary/aromatic N) is 2. The fourth-order valence-electron chi connectivity index (χ4n) is 6.92. The predicted octanol–water partition coefficient (Wildman–Crippen LogP) is 8.05. The number of benzene rings is 5. The summed E-state index contributed by atoms with van der Waals surface area (Å²) in [4.78, 5) is 1.27. The van der Waals surface area contributed by atoms with Crippen LogP contribution in [0.3, 0.4) is 0 Å². The number of hydrogen-bond donors (Lipinski definition) is 4. The van der Waals surface area contributed by atoms with Crippen molar-refractivity contribution in [3.63, 3.8) is 0 Å². The van der Waals surface area contributed by atoms with Crippen LogP contribution in [0.1, 0.15) is 41.7 Å². The quantitative estimate of drug-likeness (QED) is 0.0602. The minimum atomic E-state index is -4.87. The largest absolute Gasteiger partial charge is 0.495 e. The van der Waals surface area contributed by atoms with Gasteiger partial charge in [-0.3, -0.25) is 9.11 Å². The minimum absolute atomic E-state index is 0.0623. The predicted molar refractivity (Wildman–Crippen MR) is 228 cm³/mol. The molecule has 0 aliphatic heterocycles. The van der Waals surface area contributed by atoms with E-state index in [1.54, 1.807) is 12.1 Å². The Hall–Kier alpha value is -5.83. The SMILES string of the molecule is CCN(Cc1ccccc1)c1ccc(C(=C2C=CC(=[N+](CC)Cc3ccccc3)C=C2)c2ccc(Nc3cc(S(=O)(=O)O)c(OC)cc3CO)cc2S(=O)(=O)O)cc1. The summed E-state index contributed by atoms with van der Waals surface area (Å²) in [6.45, 7) is 6.53. The van der Waals surface area contributed by atoms with E-state index in [-0.39, 0.29) is 28.3 Å². The number of nitrogens with one attached hydrogen (secondary N) is 1. The molecule has 58 heavy (non-hydrogen) atoms. The van der Waals surface area contributed by atoms with E-state index in [2.05, 4.69) is 52.9 Å². The highest BCUT2D eigenvalue weighted by Crippen LogP contribution is 2.38. The monoisotopic (exact) mass is 820 g/mol. The topological polar surface area (TPSA) is 156 Å². The molecule has 0 unspecified atom stereocenters. The van der Waals surface area contributed by atoms with Gasteiger partial charge < -0.3 is 20.1 Å². The highest BCUT2D eigenvalue weighted by Gasteiger charge is 2.25. The maximum atomic E-state index is 13.3. The van der Waals surface area contributed by atoms with Crippen molar-refractivity contribution in [1.82, 2.24) is 0 Å². The van der Waals surface area contributed by atoms with Gasteiger partial charge in [-0.05, 0) is 84.7 Å². The van der Waals surface area contributed by atoms with E-state index >= 15 is 0 Å². The van der Waals surface area contributed by atoms with Gasteiger partial charge in [-0.1, -0.05) is 78.9 Å². The lowest BCUT2D eigenvalue weighted by atomic mass is 9.90. The van der Waals surface area contributed by atoms with Gasteiger partial charge in [0.2, 0.25) is 0 Å². The Kier molecular flexibility index (Phi) is 13.1. The van der Waals surface area contributed by atoms with Crippen molar-refractivity contribution in [1.29, 1.82) is 0 Å². The standard InChI is InChI=1S/C45H45N3O8S2/c1-4-47(29-32-12-8-6-9-13-32)38-21-16-34(17-22-38)45(35-18-23-39(24-19-35)48(5-2)30-33-14-10-7-11-15-33)40-25-20-37(27-43(40)57(50,51)52)46-41-28-44(58(53,54)55)42(56-3)26-36(41)31-49/h6-28,49H,4-5,29-31H2,1-3H3,(H2,50,51,52,53,54,55)/p+1. The van der Waals surface area contributed by atoms with Crippen LogP contribution in [0.15, 0.2) is 155 Å². The maximum Gasteiger partial charge on any atom is 0.298 e. The second kappa shape index (κ2) is 18.2. The number of hydrogen-bond acceptors (Lipinski definition) is 8. The Morgan fingerprint density at radius 1 is 0.741 bits per heavy atom. The zero-order valence-electron chi connectivity index (χ0n) is 32.4. The summed E-state index contributed by atoms with van der Waals surface area (Å²) in [6, 6.07) is 34.9. The Balaban J connectivity index is 1.47. The summed E-state index contributed by atoms with van der Waals surface area (Å²) in [7, 11) is -8.39. The van der Waals surface area contributed by atoms with Crippen LogP contribution >= 0.6 is 0 Å². The molecular weight excluding hydrogens is 775 g/mol. The summed E-state index contributed by atoms with van der Waals surface area (Å²) >= 11 is 0. The van der Waals surface area contributed by atoms with Gasteiger partial charge in [0.25, 0.3) is 20.2 Å². The summed E-state index contributed by atoms with van der Waals surface area (Å²) < 4.78 is 78.8. The van der Waals surface area contributed by atoms with Gasteiger partial charge in [0.1, 0.15) is 22.1 Å². The summed E-state index contributed by atoms with van der Waals surface area (Å²) in [5.41, 5.74) is 6.86. The lowest BCUT2D eigenvalue weighted by Crippen LogP contribution is -2.21. The minimum Gasteiger partial charge on any atom is -0.495 e. The second-order valence-corrected chi connectivity index (χ2v) is 16.4. The van der Waals surface area contributed by atoms with Gasteiger partial charge in [0.05, 0.1) is 13.7 Å². The molecule has 0 amide bonds. The molecular formula is C45H46N3O8S2+. The molecule has 0 saturated heterocycles. The first kappa shape index (κ1) is 41.8. The fourth-order valence-corrected chi connectivity index (χ4v) is 8.31. The molecule has 6 rings (SSSR count). The molecule has 300 valence electrons. The highest BCUT2D eigenvalue weighted by molar-refractivity contribution is 7.86. The van der Waals surface area contributed by atoms with Crippen LogP contribution < -0.4 is 15.0 Å². The molecule has 4 N–H and O–H groups in total. The van der Waals surface area contributed by atoms with E-state index in [0.29, 0.717) is 29.8 Å². The number of methoxy groups -OCH3 is 1. The van der Waals surface area contributed by atoms with Crippen molar-refractivity contribution in [2.45, 2.75) is 43.3 Å². The smallest absolute Gasteiger partial charge is 0.298 e. The van der Waals surface area contributed by atoms with Crippen LogP contribution in [0.4, 0.5) is 17.1 Å². The average molecular weight is 821 g/mol. The van der Waals surface area contributed by atoms with Gasteiger partial charge >= 0.3 is 0 Å². The molecule has 5 aromatic carbocycles. The number of rotatable bonds is 15. The Labute approximate surface area is 340 Å². The van der Waals surface area contributed by atoms with Gasteiger partial charge in [-0.15, -0.1) is 0 Å². The third-order valence-corrected chi connectivity index (χ3v) is 11.7. The van der Waals surface area contributed by atoms with Crippen LogP contribution in [0.2, 0.25) is 0 Å². The first-order valence-electron chi connectivity index (χ1n) is 18.7. The van der Waals surface area contributed by atoms with E-state index in [4.69, 9.17) is 4.74 Å². The summed E-state index contributed by atoms with van der Waals surface area (Å²) in [5, 5.41) is 13.0. The molecule has 0 heterocycles. The number of aliphatic hydroxyl groups excluding tert-OH is 1. The molecule has 13 heteroatoms. The molecule has 11 nitrogen and oxygen atoms in total. The Bertz CT molecular complexity index is 2600. The van der Waals surface area contributed by atoms with Crippen LogP contribution in [-0.2, 0) is 39.9 Å². The number of allylic oxidation sites excluding steroid dienone is 5. The van der Waals surface area contributed by atoms with Gasteiger partial charge in [0.15, 0.2) is 12.3 Å². The van der Waals surface area contributed by atoms with E-state index < -0.39 is 36.6 Å². The summed E-state index contributed by atoms with van der Waals surface area (Å²) in [5.74, 6) is -0.188. The van der Waals surface area contributed by atoms with Crippen molar-refractivity contribution >= 4 is 48.6 Å². The third kappa shape index (κ3) is 9.81. The molecule has 1 aliphatic carbocycles. The van der Waals surface area contributed by atoms with Crippen LogP contribution in [0.25, 0.3) is 5.57 Å². The number of aliphatic hydroxyl groups is 1.